The van der Waals surface area contributed by atoms with E-state index in [0.717, 1.165) is 11.0 Å². The second-order valence-electron chi connectivity index (χ2n) is 4.92. The highest BCUT2D eigenvalue weighted by atomic mass is 16.2. The van der Waals surface area contributed by atoms with E-state index >= 15 is 0 Å². The lowest BCUT2D eigenvalue weighted by molar-refractivity contribution is -0.118. The van der Waals surface area contributed by atoms with Crippen LogP contribution in [0.15, 0.2) is 21.7 Å². The van der Waals surface area contributed by atoms with Gasteiger partial charge in [0.15, 0.2) is 0 Å². The average molecular weight is 279 g/mol. The minimum Gasteiger partial charge on any atom is -0.368 e. The fourth-order valence-corrected chi connectivity index (χ4v) is 2.38. The van der Waals surface area contributed by atoms with Crippen LogP contribution in [0.25, 0.3) is 0 Å². The molecule has 0 fully saturated rings. The third kappa shape index (κ3) is 3.07. The highest BCUT2D eigenvalue weighted by molar-refractivity contribution is 5.73. The normalized spacial score (nSPS) is 12.8. The second-order valence-corrected chi connectivity index (χ2v) is 4.92. The maximum Gasteiger partial charge on any atom is 0.331 e. The van der Waals surface area contributed by atoms with Gasteiger partial charge in [-0.3, -0.25) is 14.2 Å². The maximum absolute atomic E-state index is 12.2. The highest BCUT2D eigenvalue weighted by Gasteiger charge is 2.18. The third-order valence-corrected chi connectivity index (χ3v) is 3.34. The van der Waals surface area contributed by atoms with E-state index in [-0.39, 0.29) is 5.92 Å². The molecule has 0 aliphatic heterocycles. The summed E-state index contributed by atoms with van der Waals surface area (Å²) < 4.78 is 2.30. The van der Waals surface area contributed by atoms with Crippen LogP contribution in [0.2, 0.25) is 0 Å². The largest absolute Gasteiger partial charge is 0.368 e. The first-order valence-electron chi connectivity index (χ1n) is 6.51. The standard InChI is InChI=1S/C14H21N3O3/c1-5-6-7-9(2)12-10(3)13(19)17(8-11(15)18)14(20)16(12)4/h5-6,9H,7-8H2,1-4H3,(H2,15,18)/b6-5+. The molecule has 0 saturated heterocycles. The van der Waals surface area contributed by atoms with Crippen molar-refractivity contribution in [3.63, 3.8) is 0 Å². The van der Waals surface area contributed by atoms with Gasteiger partial charge in [-0.25, -0.2) is 4.79 Å². The molecule has 1 heterocycles. The number of aromatic nitrogens is 2. The lowest BCUT2D eigenvalue weighted by Crippen LogP contribution is -2.44. The summed E-state index contributed by atoms with van der Waals surface area (Å²) in [7, 11) is 1.60. The van der Waals surface area contributed by atoms with E-state index in [1.54, 1.807) is 14.0 Å². The van der Waals surface area contributed by atoms with Crippen LogP contribution in [0.1, 0.15) is 37.4 Å². The Bertz CT molecular complexity index is 616. The molecular formula is C14H21N3O3. The summed E-state index contributed by atoms with van der Waals surface area (Å²) >= 11 is 0. The number of allylic oxidation sites excluding steroid dienone is 2. The van der Waals surface area contributed by atoms with Gasteiger partial charge in [0.1, 0.15) is 6.54 Å². The number of hydrogen-bond donors (Lipinski definition) is 1. The lowest BCUT2D eigenvalue weighted by Gasteiger charge is -2.18. The predicted molar refractivity (Wildman–Crippen MR) is 77.7 cm³/mol. The molecule has 0 bridgehead atoms. The van der Waals surface area contributed by atoms with E-state index in [1.165, 1.54) is 4.57 Å². The van der Waals surface area contributed by atoms with Gasteiger partial charge in [0.25, 0.3) is 5.56 Å². The van der Waals surface area contributed by atoms with Crippen molar-refractivity contribution in [1.29, 1.82) is 0 Å². The molecule has 1 atom stereocenters. The number of nitrogens with two attached hydrogens (primary N) is 1. The maximum atomic E-state index is 12.2. The SMILES string of the molecule is C/C=C/CC(C)c1c(C)c(=O)n(CC(N)=O)c(=O)n1C. The van der Waals surface area contributed by atoms with Crippen molar-refractivity contribution in [1.82, 2.24) is 9.13 Å². The summed E-state index contributed by atoms with van der Waals surface area (Å²) in [5.74, 6) is -0.668. The first-order valence-corrected chi connectivity index (χ1v) is 6.51. The number of carbonyl (C=O) groups is 1. The molecule has 1 unspecified atom stereocenters. The van der Waals surface area contributed by atoms with Crippen LogP contribution in [-0.4, -0.2) is 15.0 Å². The Labute approximate surface area is 117 Å². The minimum absolute atomic E-state index is 0.0415. The monoisotopic (exact) mass is 279 g/mol. The third-order valence-electron chi connectivity index (χ3n) is 3.34. The molecule has 0 radical (unpaired) electrons. The van der Waals surface area contributed by atoms with E-state index in [1.807, 2.05) is 26.0 Å². The van der Waals surface area contributed by atoms with Gasteiger partial charge >= 0.3 is 5.69 Å². The Kier molecular flexibility index (Phi) is 5.07. The summed E-state index contributed by atoms with van der Waals surface area (Å²) in [4.78, 5) is 35.3. The van der Waals surface area contributed by atoms with Crippen LogP contribution < -0.4 is 17.0 Å². The zero-order valence-corrected chi connectivity index (χ0v) is 12.3. The number of hydrogen-bond acceptors (Lipinski definition) is 3. The predicted octanol–water partition coefficient (Wildman–Crippen LogP) is 0.410. The molecule has 1 rings (SSSR count). The number of rotatable bonds is 5. The Morgan fingerprint density at radius 3 is 2.50 bits per heavy atom. The Morgan fingerprint density at radius 1 is 1.40 bits per heavy atom. The van der Waals surface area contributed by atoms with Crippen molar-refractivity contribution < 1.29 is 4.79 Å². The zero-order chi connectivity index (χ0) is 15.4. The fourth-order valence-electron chi connectivity index (χ4n) is 2.38. The average Bonchev–Trinajstić information content (AvgIpc) is 2.39. The first-order chi connectivity index (χ1) is 9.31. The van der Waals surface area contributed by atoms with Crippen LogP contribution in [-0.2, 0) is 18.4 Å². The summed E-state index contributed by atoms with van der Waals surface area (Å²) in [5, 5.41) is 0. The number of nitrogens with zero attached hydrogens (tertiary/aromatic N) is 2. The first kappa shape index (κ1) is 15.9. The highest BCUT2D eigenvalue weighted by Crippen LogP contribution is 2.19. The molecule has 1 aromatic heterocycles. The minimum atomic E-state index is -0.710. The van der Waals surface area contributed by atoms with Crippen LogP contribution in [0.5, 0.6) is 0 Å². The smallest absolute Gasteiger partial charge is 0.331 e. The van der Waals surface area contributed by atoms with E-state index in [2.05, 4.69) is 0 Å². The molecule has 20 heavy (non-hydrogen) atoms. The molecule has 6 heteroatoms. The fraction of sp³-hybridized carbons (Fsp3) is 0.500. The van der Waals surface area contributed by atoms with Gasteiger partial charge < -0.3 is 10.3 Å². The molecule has 1 amide bonds. The zero-order valence-electron chi connectivity index (χ0n) is 12.3. The Morgan fingerprint density at radius 2 is 2.00 bits per heavy atom. The van der Waals surface area contributed by atoms with Crippen molar-refractivity contribution in [2.75, 3.05) is 0 Å². The molecule has 1 aromatic rings. The quantitative estimate of drug-likeness (QED) is 0.792. The Hall–Kier alpha value is -2.11. The Balaban J connectivity index is 3.48. The van der Waals surface area contributed by atoms with E-state index in [9.17, 15) is 14.4 Å². The molecular weight excluding hydrogens is 258 g/mol. The van der Waals surface area contributed by atoms with Crippen LogP contribution in [0, 0.1) is 6.92 Å². The summed E-state index contributed by atoms with van der Waals surface area (Å²) in [5.41, 5.74) is 5.28. The second kappa shape index (κ2) is 6.36. The lowest BCUT2D eigenvalue weighted by atomic mass is 9.99. The van der Waals surface area contributed by atoms with Gasteiger partial charge in [0.05, 0.1) is 0 Å². The molecule has 0 spiro atoms. The molecule has 0 saturated carbocycles. The summed E-state index contributed by atoms with van der Waals surface area (Å²) in [6.07, 6.45) is 4.66. The van der Waals surface area contributed by atoms with Gasteiger partial charge in [-0.2, -0.15) is 0 Å². The molecule has 110 valence electrons. The van der Waals surface area contributed by atoms with Crippen LogP contribution >= 0.6 is 0 Å². The van der Waals surface area contributed by atoms with Crippen LogP contribution in [0.3, 0.4) is 0 Å². The van der Waals surface area contributed by atoms with Gasteiger partial charge in [-0.05, 0) is 20.3 Å². The number of primary amides is 1. The van der Waals surface area contributed by atoms with Crippen molar-refractivity contribution in [2.24, 2.45) is 12.8 Å². The molecule has 0 aliphatic rings. The molecule has 0 aliphatic carbocycles. The van der Waals surface area contributed by atoms with Gasteiger partial charge in [0, 0.05) is 24.2 Å². The number of amides is 1. The topological polar surface area (TPSA) is 87.1 Å². The summed E-state index contributed by atoms with van der Waals surface area (Å²) in [6.45, 7) is 5.15. The van der Waals surface area contributed by atoms with E-state index < -0.39 is 23.7 Å². The molecule has 2 N–H and O–H groups in total. The van der Waals surface area contributed by atoms with Gasteiger partial charge in [0.2, 0.25) is 5.91 Å². The van der Waals surface area contributed by atoms with Crippen LogP contribution in [0.4, 0.5) is 0 Å². The molecule has 0 aromatic carbocycles. The van der Waals surface area contributed by atoms with Crippen molar-refractivity contribution in [2.45, 2.75) is 39.7 Å². The van der Waals surface area contributed by atoms with Crippen molar-refractivity contribution in [3.05, 3.63) is 44.2 Å². The van der Waals surface area contributed by atoms with Crippen molar-refractivity contribution >= 4 is 5.91 Å². The molecule has 6 nitrogen and oxygen atoms in total. The van der Waals surface area contributed by atoms with Crippen molar-refractivity contribution in [3.8, 4) is 0 Å². The van der Waals surface area contributed by atoms with Gasteiger partial charge in [-0.15, -0.1) is 0 Å². The van der Waals surface area contributed by atoms with E-state index in [4.69, 9.17) is 5.73 Å². The van der Waals surface area contributed by atoms with E-state index in [0.29, 0.717) is 11.3 Å². The number of carbonyl (C=O) groups excluding carboxylic acids is 1. The summed E-state index contributed by atoms with van der Waals surface area (Å²) in [6, 6.07) is 0. The van der Waals surface area contributed by atoms with Gasteiger partial charge in [-0.1, -0.05) is 19.1 Å².